The van der Waals surface area contributed by atoms with E-state index in [0.717, 1.165) is 0 Å². The first-order valence-corrected chi connectivity index (χ1v) is 7.20. The summed E-state index contributed by atoms with van der Waals surface area (Å²) in [5, 5.41) is 11.4. The fourth-order valence-electron chi connectivity index (χ4n) is 3.40. The summed E-state index contributed by atoms with van der Waals surface area (Å²) in [6.45, 7) is 1.39. The summed E-state index contributed by atoms with van der Waals surface area (Å²) in [7, 11) is 0. The van der Waals surface area contributed by atoms with E-state index in [1.54, 1.807) is 48.5 Å². The molecule has 1 atom stereocenters. The Morgan fingerprint density at radius 2 is 1.70 bits per heavy atom. The Bertz CT molecular complexity index is 868. The molecule has 0 radical (unpaired) electrons. The van der Waals surface area contributed by atoms with Gasteiger partial charge in [0.2, 0.25) is 11.3 Å². The second-order valence-corrected chi connectivity index (χ2v) is 5.56. The SMILES string of the molecule is C/C(O)=C1/C(=O)ON2c3ccccc3C(=O)C12c1ccccc1. The van der Waals surface area contributed by atoms with E-state index >= 15 is 0 Å². The van der Waals surface area contributed by atoms with Crippen LogP contribution in [0.3, 0.4) is 0 Å². The van der Waals surface area contributed by atoms with Crippen LogP contribution in [0, 0.1) is 0 Å². The highest BCUT2D eigenvalue weighted by Gasteiger charge is 2.65. The van der Waals surface area contributed by atoms with Crippen LogP contribution in [0.2, 0.25) is 0 Å². The molecule has 0 aromatic heterocycles. The molecule has 114 valence electrons. The Morgan fingerprint density at radius 3 is 2.39 bits per heavy atom. The zero-order valence-electron chi connectivity index (χ0n) is 12.3. The average molecular weight is 307 g/mol. The summed E-state index contributed by atoms with van der Waals surface area (Å²) in [5.74, 6) is -1.22. The number of Topliss-reactive ketones (excluding diaryl/α,β-unsaturated/α-hetero) is 1. The van der Waals surface area contributed by atoms with Gasteiger partial charge in [-0.2, -0.15) is 5.06 Å². The smallest absolute Gasteiger partial charge is 0.365 e. The van der Waals surface area contributed by atoms with Crippen LogP contribution in [0.15, 0.2) is 65.9 Å². The van der Waals surface area contributed by atoms with E-state index in [-0.39, 0.29) is 17.1 Å². The van der Waals surface area contributed by atoms with Crippen molar-refractivity contribution in [3.8, 4) is 0 Å². The van der Waals surface area contributed by atoms with Crippen molar-refractivity contribution in [3.05, 3.63) is 77.1 Å². The van der Waals surface area contributed by atoms with Gasteiger partial charge < -0.3 is 9.94 Å². The number of para-hydroxylation sites is 1. The van der Waals surface area contributed by atoms with Crippen LogP contribution in [-0.4, -0.2) is 16.9 Å². The summed E-state index contributed by atoms with van der Waals surface area (Å²) in [6, 6.07) is 15.8. The monoisotopic (exact) mass is 307 g/mol. The van der Waals surface area contributed by atoms with Gasteiger partial charge in [-0.15, -0.1) is 0 Å². The molecule has 4 rings (SSSR count). The van der Waals surface area contributed by atoms with Gasteiger partial charge >= 0.3 is 5.97 Å². The summed E-state index contributed by atoms with van der Waals surface area (Å²) < 4.78 is 0. The molecule has 1 saturated heterocycles. The van der Waals surface area contributed by atoms with Crippen molar-refractivity contribution in [1.29, 1.82) is 0 Å². The normalized spacial score (nSPS) is 24.3. The number of hydrogen-bond donors (Lipinski definition) is 1. The van der Waals surface area contributed by atoms with Crippen molar-refractivity contribution >= 4 is 17.4 Å². The third-order valence-corrected chi connectivity index (χ3v) is 4.29. The van der Waals surface area contributed by atoms with Crippen LogP contribution in [0.1, 0.15) is 22.8 Å². The van der Waals surface area contributed by atoms with E-state index < -0.39 is 11.5 Å². The van der Waals surface area contributed by atoms with Gasteiger partial charge in [0, 0.05) is 5.56 Å². The number of hydrogen-bond acceptors (Lipinski definition) is 5. The standard InChI is InChI=1S/C18H13NO4/c1-11(20)15-17(22)23-19-14-10-6-5-9-13(14)16(21)18(15,19)12-7-3-2-4-8-12/h2-10,20H,1H3/b15-11+. The van der Waals surface area contributed by atoms with Gasteiger partial charge in [0.05, 0.1) is 5.69 Å². The maximum Gasteiger partial charge on any atom is 0.365 e. The molecule has 0 aliphatic carbocycles. The summed E-state index contributed by atoms with van der Waals surface area (Å²) >= 11 is 0. The highest BCUT2D eigenvalue weighted by Crippen LogP contribution is 2.53. The number of aliphatic hydroxyl groups is 1. The molecule has 0 spiro atoms. The van der Waals surface area contributed by atoms with Crippen molar-refractivity contribution in [1.82, 2.24) is 0 Å². The lowest BCUT2D eigenvalue weighted by atomic mass is 9.79. The third-order valence-electron chi connectivity index (χ3n) is 4.29. The Kier molecular flexibility index (Phi) is 2.63. The van der Waals surface area contributed by atoms with E-state index in [0.29, 0.717) is 16.8 Å². The number of carbonyl (C=O) groups is 2. The lowest BCUT2D eigenvalue weighted by molar-refractivity contribution is -0.136. The molecule has 1 unspecified atom stereocenters. The fraction of sp³-hybridized carbons (Fsp3) is 0.111. The second kappa shape index (κ2) is 4.46. The number of ketones is 1. The van der Waals surface area contributed by atoms with Gasteiger partial charge in [0.15, 0.2) is 0 Å². The molecule has 2 heterocycles. The lowest BCUT2D eigenvalue weighted by Gasteiger charge is -2.29. The molecule has 1 fully saturated rings. The van der Waals surface area contributed by atoms with Gasteiger partial charge in [-0.1, -0.05) is 42.5 Å². The van der Waals surface area contributed by atoms with E-state index in [1.165, 1.54) is 12.0 Å². The minimum absolute atomic E-state index is 0.0371. The maximum atomic E-state index is 13.2. The highest BCUT2D eigenvalue weighted by molar-refractivity contribution is 6.22. The van der Waals surface area contributed by atoms with E-state index in [4.69, 9.17) is 4.84 Å². The largest absolute Gasteiger partial charge is 0.512 e. The molecular weight excluding hydrogens is 294 g/mol. The molecule has 23 heavy (non-hydrogen) atoms. The van der Waals surface area contributed by atoms with Gasteiger partial charge in [0.1, 0.15) is 11.3 Å². The number of carbonyl (C=O) groups excluding carboxylic acids is 2. The molecule has 0 amide bonds. The zero-order valence-corrected chi connectivity index (χ0v) is 12.3. The number of allylic oxidation sites excluding steroid dienone is 1. The van der Waals surface area contributed by atoms with Gasteiger partial charge in [-0.3, -0.25) is 4.79 Å². The van der Waals surface area contributed by atoms with Crippen molar-refractivity contribution in [3.63, 3.8) is 0 Å². The third kappa shape index (κ3) is 1.51. The number of nitrogens with zero attached hydrogens (tertiary/aromatic N) is 1. The van der Waals surface area contributed by atoms with E-state index in [1.807, 2.05) is 6.07 Å². The maximum absolute atomic E-state index is 13.2. The Labute approximate surface area is 132 Å². The predicted octanol–water partition coefficient (Wildman–Crippen LogP) is 2.89. The number of aliphatic hydroxyl groups excluding tert-OH is 1. The van der Waals surface area contributed by atoms with Crippen LogP contribution in [0.25, 0.3) is 0 Å². The predicted molar refractivity (Wildman–Crippen MR) is 82.8 cm³/mol. The molecular formula is C18H13NO4. The first kappa shape index (κ1) is 13.6. The van der Waals surface area contributed by atoms with Crippen molar-refractivity contribution in [2.75, 3.05) is 5.06 Å². The molecule has 2 aliphatic rings. The molecule has 0 saturated carbocycles. The topological polar surface area (TPSA) is 66.8 Å². The molecule has 5 heteroatoms. The summed E-state index contributed by atoms with van der Waals surface area (Å²) in [6.07, 6.45) is 0. The van der Waals surface area contributed by atoms with Crippen molar-refractivity contribution in [2.24, 2.45) is 0 Å². The number of anilines is 1. The number of hydroxylamine groups is 1. The minimum atomic E-state index is -1.47. The number of benzene rings is 2. The van der Waals surface area contributed by atoms with Crippen LogP contribution < -0.4 is 5.06 Å². The second-order valence-electron chi connectivity index (χ2n) is 5.56. The van der Waals surface area contributed by atoms with Crippen LogP contribution in [-0.2, 0) is 15.2 Å². The van der Waals surface area contributed by atoms with Crippen LogP contribution in [0.4, 0.5) is 5.69 Å². The Hall–Kier alpha value is -3.08. The highest BCUT2D eigenvalue weighted by atomic mass is 16.7. The number of fused-ring (bicyclic) bond motifs is 3. The van der Waals surface area contributed by atoms with Crippen LogP contribution in [0.5, 0.6) is 0 Å². The summed E-state index contributed by atoms with van der Waals surface area (Å²) in [5.41, 5.74) is 0.0508. The molecule has 1 N–H and O–H groups in total. The van der Waals surface area contributed by atoms with E-state index in [2.05, 4.69) is 0 Å². The molecule has 2 aromatic carbocycles. The van der Waals surface area contributed by atoms with Crippen LogP contribution >= 0.6 is 0 Å². The van der Waals surface area contributed by atoms with Crippen molar-refractivity contribution < 1.29 is 19.5 Å². The average Bonchev–Trinajstić information content (AvgIpc) is 3.00. The summed E-state index contributed by atoms with van der Waals surface area (Å²) in [4.78, 5) is 30.9. The van der Waals surface area contributed by atoms with Gasteiger partial charge in [-0.25, -0.2) is 4.79 Å². The van der Waals surface area contributed by atoms with Crippen molar-refractivity contribution in [2.45, 2.75) is 12.5 Å². The fourth-order valence-corrected chi connectivity index (χ4v) is 3.40. The minimum Gasteiger partial charge on any atom is -0.512 e. The van der Waals surface area contributed by atoms with E-state index in [9.17, 15) is 14.7 Å². The quantitative estimate of drug-likeness (QED) is 0.648. The molecule has 2 aromatic rings. The number of rotatable bonds is 1. The first-order chi connectivity index (χ1) is 11.1. The first-order valence-electron chi connectivity index (χ1n) is 7.20. The Balaban J connectivity index is 2.10. The zero-order chi connectivity index (χ0) is 16.2. The molecule has 5 nitrogen and oxygen atoms in total. The lowest BCUT2D eigenvalue weighted by Crippen LogP contribution is -2.44. The molecule has 2 aliphatic heterocycles. The van der Waals surface area contributed by atoms with Gasteiger partial charge in [-0.05, 0) is 24.6 Å². The Morgan fingerprint density at radius 1 is 1.04 bits per heavy atom. The van der Waals surface area contributed by atoms with Gasteiger partial charge in [0.25, 0.3) is 0 Å². The molecule has 0 bridgehead atoms.